The minimum absolute atomic E-state index is 0.267. The van der Waals surface area contributed by atoms with Gasteiger partial charge in [0.25, 0.3) is 0 Å². The molecule has 1 aromatic rings. The van der Waals surface area contributed by atoms with Crippen molar-refractivity contribution in [1.82, 2.24) is 0 Å². The number of carbonyl (C=O) groups is 1. The maximum atomic E-state index is 11.6. The lowest BCUT2D eigenvalue weighted by molar-refractivity contribution is -0.109. The molecule has 22 heavy (non-hydrogen) atoms. The van der Waals surface area contributed by atoms with Gasteiger partial charge in [0.2, 0.25) is 0 Å². The largest absolute Gasteiger partial charge is 0.472 e. The van der Waals surface area contributed by atoms with Crippen LogP contribution in [0.2, 0.25) is 0 Å². The molecule has 1 spiro atoms. The molecule has 2 fully saturated rings. The van der Waals surface area contributed by atoms with Crippen molar-refractivity contribution in [2.75, 3.05) is 5.75 Å². The summed E-state index contributed by atoms with van der Waals surface area (Å²) in [5.74, 6) is 0.994. The van der Waals surface area contributed by atoms with Gasteiger partial charge in [0, 0.05) is 12.7 Å². The second-order valence-electron chi connectivity index (χ2n) is 7.42. The monoisotopic (exact) mass is 320 g/mol. The van der Waals surface area contributed by atoms with Crippen LogP contribution in [-0.2, 0) is 11.2 Å². The Kier molecular flexibility index (Phi) is 5.01. The zero-order chi connectivity index (χ0) is 15.5. The lowest BCUT2D eigenvalue weighted by Gasteiger charge is -2.56. The average Bonchev–Trinajstić information content (AvgIpc) is 3.02. The molecule has 1 heterocycles. The van der Waals surface area contributed by atoms with Crippen molar-refractivity contribution in [1.29, 1.82) is 0 Å². The molecule has 2 saturated carbocycles. The van der Waals surface area contributed by atoms with Gasteiger partial charge in [-0.05, 0) is 54.6 Å². The fourth-order valence-corrected chi connectivity index (χ4v) is 6.07. The van der Waals surface area contributed by atoms with E-state index in [1.54, 1.807) is 24.9 Å². The molecule has 3 heteroatoms. The lowest BCUT2D eigenvalue weighted by Crippen LogP contribution is -2.49. The summed E-state index contributed by atoms with van der Waals surface area (Å²) in [6.07, 6.45) is 17.0. The number of rotatable bonds is 4. The quantitative estimate of drug-likeness (QED) is 0.722. The average molecular weight is 320 g/mol. The summed E-state index contributed by atoms with van der Waals surface area (Å²) >= 11 is 1.56. The van der Waals surface area contributed by atoms with Gasteiger partial charge in [0.05, 0.1) is 12.5 Å². The summed E-state index contributed by atoms with van der Waals surface area (Å²) in [5, 5.41) is 0.267. The van der Waals surface area contributed by atoms with Crippen molar-refractivity contribution in [3.63, 3.8) is 0 Å². The molecule has 1 unspecified atom stereocenters. The van der Waals surface area contributed by atoms with Gasteiger partial charge in [0.15, 0.2) is 5.12 Å². The Bertz CT molecular complexity index is 479. The SMILES string of the molecule is CC(=O)SCC1(Cc2ccoc2)CCCCC12CCCCC2. The van der Waals surface area contributed by atoms with Crippen LogP contribution >= 0.6 is 11.8 Å². The second-order valence-corrected chi connectivity index (χ2v) is 8.57. The van der Waals surface area contributed by atoms with Crippen molar-refractivity contribution < 1.29 is 9.21 Å². The van der Waals surface area contributed by atoms with Crippen molar-refractivity contribution in [2.45, 2.75) is 71.1 Å². The Labute approximate surface area is 138 Å². The van der Waals surface area contributed by atoms with Gasteiger partial charge >= 0.3 is 0 Å². The van der Waals surface area contributed by atoms with E-state index in [0.29, 0.717) is 5.41 Å². The predicted molar refractivity (Wildman–Crippen MR) is 92.0 cm³/mol. The fourth-order valence-electron chi connectivity index (χ4n) is 5.04. The van der Waals surface area contributed by atoms with E-state index in [4.69, 9.17) is 4.42 Å². The summed E-state index contributed by atoms with van der Waals surface area (Å²) in [7, 11) is 0. The zero-order valence-corrected chi connectivity index (χ0v) is 14.6. The number of hydrogen-bond acceptors (Lipinski definition) is 3. The number of thioether (sulfide) groups is 1. The van der Waals surface area contributed by atoms with Crippen LogP contribution < -0.4 is 0 Å². The van der Waals surface area contributed by atoms with E-state index in [1.165, 1.54) is 63.4 Å². The molecular weight excluding hydrogens is 292 g/mol. The van der Waals surface area contributed by atoms with E-state index in [2.05, 4.69) is 6.07 Å². The highest BCUT2D eigenvalue weighted by Gasteiger charge is 2.52. The van der Waals surface area contributed by atoms with Crippen LogP contribution in [0.3, 0.4) is 0 Å². The molecule has 122 valence electrons. The Morgan fingerprint density at radius 2 is 1.82 bits per heavy atom. The first-order valence-corrected chi connectivity index (χ1v) is 9.79. The van der Waals surface area contributed by atoms with Gasteiger partial charge in [-0.2, -0.15) is 0 Å². The van der Waals surface area contributed by atoms with Gasteiger partial charge in [0.1, 0.15) is 0 Å². The first-order valence-electron chi connectivity index (χ1n) is 8.80. The predicted octanol–water partition coefficient (Wildman–Crippen LogP) is 5.61. The minimum Gasteiger partial charge on any atom is -0.472 e. The third-order valence-corrected chi connectivity index (χ3v) is 7.27. The summed E-state index contributed by atoms with van der Waals surface area (Å²) < 4.78 is 5.33. The van der Waals surface area contributed by atoms with E-state index < -0.39 is 0 Å². The third-order valence-electron chi connectivity index (χ3n) is 6.17. The number of hydrogen-bond donors (Lipinski definition) is 0. The van der Waals surface area contributed by atoms with E-state index in [-0.39, 0.29) is 10.5 Å². The third kappa shape index (κ3) is 3.15. The highest BCUT2D eigenvalue weighted by molar-refractivity contribution is 8.13. The summed E-state index contributed by atoms with van der Waals surface area (Å²) in [6.45, 7) is 1.71. The first kappa shape index (κ1) is 16.2. The Morgan fingerprint density at radius 1 is 1.14 bits per heavy atom. The van der Waals surface area contributed by atoms with Gasteiger partial charge in [-0.1, -0.05) is 43.9 Å². The highest BCUT2D eigenvalue weighted by Crippen LogP contribution is 2.60. The van der Waals surface area contributed by atoms with Crippen LogP contribution in [0.4, 0.5) is 0 Å². The summed E-state index contributed by atoms with van der Waals surface area (Å²) in [5.41, 5.74) is 2.06. The molecule has 3 rings (SSSR count). The first-order chi connectivity index (χ1) is 10.7. The molecule has 0 bridgehead atoms. The van der Waals surface area contributed by atoms with Crippen LogP contribution in [0.5, 0.6) is 0 Å². The topological polar surface area (TPSA) is 30.2 Å². The molecular formula is C19H28O2S. The molecule has 1 atom stereocenters. The van der Waals surface area contributed by atoms with Crippen LogP contribution in [0.1, 0.15) is 70.3 Å². The van der Waals surface area contributed by atoms with Crippen LogP contribution in [0.15, 0.2) is 23.0 Å². The van der Waals surface area contributed by atoms with E-state index in [9.17, 15) is 4.79 Å². The smallest absolute Gasteiger partial charge is 0.185 e. The summed E-state index contributed by atoms with van der Waals surface area (Å²) in [4.78, 5) is 11.6. The van der Waals surface area contributed by atoms with Gasteiger partial charge in [-0.25, -0.2) is 0 Å². The molecule has 1 aromatic heterocycles. The maximum Gasteiger partial charge on any atom is 0.185 e. The molecule has 0 N–H and O–H groups in total. The van der Waals surface area contributed by atoms with Crippen LogP contribution in [0.25, 0.3) is 0 Å². The molecule has 2 aliphatic carbocycles. The zero-order valence-electron chi connectivity index (χ0n) is 13.7. The fraction of sp³-hybridized carbons (Fsp3) is 0.737. The molecule has 0 amide bonds. The Morgan fingerprint density at radius 3 is 2.45 bits per heavy atom. The molecule has 0 saturated heterocycles. The van der Waals surface area contributed by atoms with Gasteiger partial charge in [-0.15, -0.1) is 0 Å². The Balaban J connectivity index is 1.91. The van der Waals surface area contributed by atoms with Crippen molar-refractivity contribution in [3.8, 4) is 0 Å². The normalized spacial score (nSPS) is 27.9. The number of carbonyl (C=O) groups excluding carboxylic acids is 1. The highest BCUT2D eigenvalue weighted by atomic mass is 32.2. The van der Waals surface area contributed by atoms with Gasteiger partial charge < -0.3 is 4.42 Å². The molecule has 0 aliphatic heterocycles. The molecule has 2 nitrogen and oxygen atoms in total. The van der Waals surface area contributed by atoms with E-state index in [1.807, 2.05) is 6.26 Å². The summed E-state index contributed by atoms with van der Waals surface area (Å²) in [6, 6.07) is 2.12. The standard InChI is InChI=1S/C19H28O2S/c1-16(20)22-15-19(13-17-7-12-21-14-17)11-6-5-10-18(19)8-3-2-4-9-18/h7,12,14H,2-6,8-11,13,15H2,1H3. The molecule has 0 radical (unpaired) electrons. The minimum atomic E-state index is 0.267. The van der Waals surface area contributed by atoms with Gasteiger partial charge in [-0.3, -0.25) is 4.79 Å². The van der Waals surface area contributed by atoms with Crippen LogP contribution in [0, 0.1) is 10.8 Å². The molecule has 0 aromatic carbocycles. The van der Waals surface area contributed by atoms with E-state index in [0.717, 1.165) is 12.2 Å². The second kappa shape index (κ2) is 6.82. The number of furan rings is 1. The van der Waals surface area contributed by atoms with Crippen molar-refractivity contribution in [3.05, 3.63) is 24.2 Å². The maximum absolute atomic E-state index is 11.6. The Hall–Kier alpha value is -0.700. The van der Waals surface area contributed by atoms with Crippen molar-refractivity contribution >= 4 is 16.9 Å². The van der Waals surface area contributed by atoms with E-state index >= 15 is 0 Å². The van der Waals surface area contributed by atoms with Crippen LogP contribution in [-0.4, -0.2) is 10.9 Å². The molecule has 2 aliphatic rings. The lowest BCUT2D eigenvalue weighted by atomic mass is 9.50. The van der Waals surface area contributed by atoms with Crippen molar-refractivity contribution in [2.24, 2.45) is 10.8 Å².